The number of hydrogen-bond acceptors (Lipinski definition) is 6. The van der Waals surface area contributed by atoms with Crippen molar-refractivity contribution in [3.8, 4) is 11.3 Å². The van der Waals surface area contributed by atoms with E-state index in [-0.39, 0.29) is 17.5 Å². The minimum absolute atomic E-state index is 0.0195. The molecule has 1 heterocycles. The Morgan fingerprint density at radius 2 is 1.81 bits per heavy atom. The second-order valence-corrected chi connectivity index (χ2v) is 9.19. The second kappa shape index (κ2) is 9.78. The normalized spacial score (nSPS) is 12.2. The molecule has 0 unspecified atom stereocenters. The van der Waals surface area contributed by atoms with Gasteiger partial charge in [-0.05, 0) is 31.5 Å². The first-order chi connectivity index (χ1) is 15.3. The molecule has 1 aromatic heterocycles. The van der Waals surface area contributed by atoms with Crippen molar-refractivity contribution in [3.05, 3.63) is 66.2 Å². The maximum Gasteiger partial charge on any atom is 0.321 e. The van der Waals surface area contributed by atoms with Crippen LogP contribution < -0.4 is 4.90 Å². The van der Waals surface area contributed by atoms with Crippen LogP contribution in [0, 0.1) is 0 Å². The Morgan fingerprint density at radius 3 is 2.41 bits per heavy atom. The predicted molar refractivity (Wildman–Crippen MR) is 121 cm³/mol. The minimum atomic E-state index is -3.81. The Hall–Kier alpha value is -3.46. The fourth-order valence-electron chi connectivity index (χ4n) is 3.35. The van der Waals surface area contributed by atoms with E-state index in [9.17, 15) is 18.0 Å². The molecule has 3 rings (SSSR count). The molecule has 8 nitrogen and oxygen atoms in total. The summed E-state index contributed by atoms with van der Waals surface area (Å²) in [7, 11) is -2.05. The second-order valence-electron chi connectivity index (χ2n) is 7.20. The number of esters is 1. The minimum Gasteiger partial charge on any atom is -0.465 e. The topological polar surface area (TPSA) is 98.6 Å². The molecule has 0 aliphatic carbocycles. The monoisotopic (exact) mass is 455 g/mol. The summed E-state index contributed by atoms with van der Waals surface area (Å²) < 4.78 is 31.2. The van der Waals surface area contributed by atoms with Crippen LogP contribution in [-0.4, -0.2) is 42.9 Å². The van der Waals surface area contributed by atoms with E-state index in [1.807, 2.05) is 43.3 Å². The highest BCUT2D eigenvalue weighted by Gasteiger charge is 2.23. The van der Waals surface area contributed by atoms with Crippen LogP contribution >= 0.6 is 0 Å². The van der Waals surface area contributed by atoms with Gasteiger partial charge in [-0.3, -0.25) is 19.2 Å². The number of rotatable bonds is 9. The summed E-state index contributed by atoms with van der Waals surface area (Å²) >= 11 is 0. The van der Waals surface area contributed by atoms with Crippen LogP contribution in [0.15, 0.2) is 65.6 Å². The molecule has 32 heavy (non-hydrogen) atoms. The molecular formula is C23H25N3O5S. The molecule has 0 spiro atoms. The molecule has 168 valence electrons. The summed E-state index contributed by atoms with van der Waals surface area (Å²) in [5.74, 6) is -0.902. The van der Waals surface area contributed by atoms with Gasteiger partial charge in [0.15, 0.2) is 15.6 Å². The van der Waals surface area contributed by atoms with E-state index in [0.717, 1.165) is 23.2 Å². The molecule has 0 radical (unpaired) electrons. The van der Waals surface area contributed by atoms with Crippen molar-refractivity contribution >= 4 is 28.0 Å². The van der Waals surface area contributed by atoms with Gasteiger partial charge in [-0.1, -0.05) is 42.5 Å². The zero-order valence-electron chi connectivity index (χ0n) is 18.1. The highest BCUT2D eigenvalue weighted by molar-refractivity contribution is 7.92. The predicted octanol–water partition coefficient (Wildman–Crippen LogP) is 3.15. The van der Waals surface area contributed by atoms with Gasteiger partial charge in [-0.15, -0.1) is 0 Å². The van der Waals surface area contributed by atoms with Crippen LogP contribution in [-0.2, 0) is 31.2 Å². The van der Waals surface area contributed by atoms with Crippen LogP contribution in [0.1, 0.15) is 25.5 Å². The Morgan fingerprint density at radius 1 is 1.16 bits per heavy atom. The van der Waals surface area contributed by atoms with E-state index >= 15 is 0 Å². The smallest absolute Gasteiger partial charge is 0.321 e. The lowest BCUT2D eigenvalue weighted by atomic mass is 10.1. The Bertz CT molecular complexity index is 1190. The number of carbonyl (C=O) groups is 2. The number of aryl methyl sites for hydroxylation is 1. The van der Waals surface area contributed by atoms with E-state index in [1.54, 1.807) is 30.8 Å². The third kappa shape index (κ3) is 5.05. The standard InChI is InChI=1S/C23H25N3O5S/c1-4-31-23(28)15-32(29,30)20-12-10-18(11-13-20)17(2)26(16-27)22-14-21(24-25(22)3)19-8-6-5-7-9-19/h5-14,16-17H,4,15H2,1-3H3/t17-/m1/s1. The third-order valence-corrected chi connectivity index (χ3v) is 6.66. The zero-order valence-corrected chi connectivity index (χ0v) is 19.0. The number of benzene rings is 2. The molecular weight excluding hydrogens is 430 g/mol. The van der Waals surface area contributed by atoms with E-state index in [0.29, 0.717) is 5.82 Å². The van der Waals surface area contributed by atoms with Crippen LogP contribution in [0.4, 0.5) is 5.82 Å². The van der Waals surface area contributed by atoms with Crippen molar-refractivity contribution in [1.29, 1.82) is 0 Å². The first-order valence-corrected chi connectivity index (χ1v) is 11.7. The number of ether oxygens (including phenoxy) is 1. The molecule has 2 aromatic carbocycles. The lowest BCUT2D eigenvalue weighted by Gasteiger charge is -2.25. The number of anilines is 1. The molecule has 0 saturated carbocycles. The van der Waals surface area contributed by atoms with Gasteiger partial charge in [0, 0.05) is 18.7 Å². The van der Waals surface area contributed by atoms with Gasteiger partial charge in [0.1, 0.15) is 5.82 Å². The van der Waals surface area contributed by atoms with Gasteiger partial charge in [-0.25, -0.2) is 8.42 Å². The summed E-state index contributed by atoms with van der Waals surface area (Å²) in [6.07, 6.45) is 0.724. The van der Waals surface area contributed by atoms with E-state index < -0.39 is 21.6 Å². The quantitative estimate of drug-likeness (QED) is 0.363. The van der Waals surface area contributed by atoms with Crippen LogP contribution in [0.3, 0.4) is 0 Å². The molecule has 0 saturated heterocycles. The maximum absolute atomic E-state index is 12.4. The summed E-state index contributed by atoms with van der Waals surface area (Å²) in [5, 5.41) is 4.51. The van der Waals surface area contributed by atoms with Crippen molar-refractivity contribution in [2.45, 2.75) is 24.8 Å². The average molecular weight is 456 g/mol. The Kier molecular flexibility index (Phi) is 7.09. The van der Waals surface area contributed by atoms with Gasteiger partial charge in [0.05, 0.1) is 23.2 Å². The number of carbonyl (C=O) groups excluding carboxylic acids is 2. The number of amides is 1. The van der Waals surface area contributed by atoms with Gasteiger partial charge in [-0.2, -0.15) is 5.10 Å². The highest BCUT2D eigenvalue weighted by Crippen LogP contribution is 2.29. The Balaban J connectivity index is 1.83. The number of sulfone groups is 1. The highest BCUT2D eigenvalue weighted by atomic mass is 32.2. The number of nitrogens with zero attached hydrogens (tertiary/aromatic N) is 3. The SMILES string of the molecule is CCOC(=O)CS(=O)(=O)c1ccc([C@@H](C)N(C=O)c2cc(-c3ccccc3)nn2C)cc1. The summed E-state index contributed by atoms with van der Waals surface area (Å²) in [4.78, 5) is 25.1. The molecule has 0 aliphatic rings. The van der Waals surface area contributed by atoms with Gasteiger partial charge < -0.3 is 4.74 Å². The van der Waals surface area contributed by atoms with Gasteiger partial charge >= 0.3 is 5.97 Å². The fraction of sp³-hybridized carbons (Fsp3) is 0.261. The number of aromatic nitrogens is 2. The van der Waals surface area contributed by atoms with E-state index in [2.05, 4.69) is 5.10 Å². The first-order valence-electron chi connectivity index (χ1n) is 10.1. The summed E-state index contributed by atoms with van der Waals surface area (Å²) in [5.41, 5.74) is 2.40. The Labute approximate surface area is 187 Å². The van der Waals surface area contributed by atoms with Crippen molar-refractivity contribution in [2.24, 2.45) is 7.05 Å². The van der Waals surface area contributed by atoms with Crippen molar-refractivity contribution in [3.63, 3.8) is 0 Å². The van der Waals surface area contributed by atoms with Crippen molar-refractivity contribution in [2.75, 3.05) is 17.3 Å². The molecule has 1 atom stereocenters. The molecule has 0 bridgehead atoms. The first kappa shape index (κ1) is 23.2. The largest absolute Gasteiger partial charge is 0.465 e. The van der Waals surface area contributed by atoms with Gasteiger partial charge in [0.25, 0.3) is 0 Å². The lowest BCUT2D eigenvalue weighted by Crippen LogP contribution is -2.27. The summed E-state index contributed by atoms with van der Waals surface area (Å²) in [6, 6.07) is 17.2. The van der Waals surface area contributed by atoms with E-state index in [4.69, 9.17) is 4.74 Å². The lowest BCUT2D eigenvalue weighted by molar-refractivity contribution is -0.139. The van der Waals surface area contributed by atoms with Gasteiger partial charge in [0.2, 0.25) is 6.41 Å². The average Bonchev–Trinajstić information content (AvgIpc) is 3.16. The fourth-order valence-corrected chi connectivity index (χ4v) is 4.46. The zero-order chi connectivity index (χ0) is 23.3. The molecule has 9 heteroatoms. The van der Waals surface area contributed by atoms with Crippen LogP contribution in [0.2, 0.25) is 0 Å². The maximum atomic E-state index is 12.4. The van der Waals surface area contributed by atoms with Crippen molar-refractivity contribution < 1.29 is 22.7 Å². The third-order valence-electron chi connectivity index (χ3n) is 5.05. The molecule has 0 N–H and O–H groups in total. The van der Waals surface area contributed by atoms with E-state index in [1.165, 1.54) is 17.0 Å². The van der Waals surface area contributed by atoms with Crippen molar-refractivity contribution in [1.82, 2.24) is 9.78 Å². The molecule has 1 amide bonds. The molecule has 0 aliphatic heterocycles. The molecule has 0 fully saturated rings. The molecule has 3 aromatic rings. The van der Waals surface area contributed by atoms with Crippen LogP contribution in [0.5, 0.6) is 0 Å². The van der Waals surface area contributed by atoms with Crippen LogP contribution in [0.25, 0.3) is 11.3 Å². The number of hydrogen-bond donors (Lipinski definition) is 0. The summed E-state index contributed by atoms with van der Waals surface area (Å²) in [6.45, 7) is 3.57.